The first-order chi connectivity index (χ1) is 10.7. The Morgan fingerprint density at radius 1 is 1.18 bits per heavy atom. The molecule has 0 aromatic carbocycles. The third kappa shape index (κ3) is 4.35. The summed E-state index contributed by atoms with van der Waals surface area (Å²) in [5, 5.41) is 17.2. The molecule has 2 aliphatic carbocycles. The van der Waals surface area contributed by atoms with Crippen LogP contribution in [0.5, 0.6) is 5.88 Å². The summed E-state index contributed by atoms with van der Waals surface area (Å²) >= 11 is 1.51. The molecule has 0 unspecified atom stereocenters. The van der Waals surface area contributed by atoms with E-state index in [4.69, 9.17) is 0 Å². The van der Waals surface area contributed by atoms with Crippen LogP contribution in [0.1, 0.15) is 56.2 Å². The minimum atomic E-state index is 0.113. The second kappa shape index (κ2) is 7.31. The molecule has 1 aromatic heterocycles. The second-order valence-corrected chi connectivity index (χ2v) is 7.50. The Morgan fingerprint density at radius 3 is 2.59 bits per heavy atom. The van der Waals surface area contributed by atoms with Gasteiger partial charge in [-0.2, -0.15) is 4.98 Å². The number of aromatic nitrogens is 1. The van der Waals surface area contributed by atoms with E-state index in [0.717, 1.165) is 22.9 Å². The molecular formula is C16H25N3O2S. The largest absolute Gasteiger partial charge is 0.492 e. The number of nitrogens with one attached hydrogen (secondary N) is 2. The van der Waals surface area contributed by atoms with E-state index in [1.165, 1.54) is 49.9 Å². The molecule has 122 valence electrons. The smallest absolute Gasteiger partial charge is 0.227 e. The number of hydrogen-bond acceptors (Lipinski definition) is 5. The molecule has 0 saturated heterocycles. The first-order valence-corrected chi connectivity index (χ1v) is 9.27. The number of nitrogens with zero attached hydrogens (tertiary/aromatic N) is 1. The van der Waals surface area contributed by atoms with Gasteiger partial charge in [-0.05, 0) is 25.7 Å². The predicted molar refractivity (Wildman–Crippen MR) is 88.3 cm³/mol. The number of amides is 1. The van der Waals surface area contributed by atoms with E-state index < -0.39 is 0 Å². The maximum Gasteiger partial charge on any atom is 0.227 e. The molecule has 1 aromatic rings. The fourth-order valence-corrected chi connectivity index (χ4v) is 3.89. The topological polar surface area (TPSA) is 74.2 Å². The third-order valence-corrected chi connectivity index (χ3v) is 5.49. The van der Waals surface area contributed by atoms with Gasteiger partial charge in [-0.1, -0.05) is 37.0 Å². The van der Waals surface area contributed by atoms with Gasteiger partial charge in [0.15, 0.2) is 5.13 Å². The minimum absolute atomic E-state index is 0.113. The van der Waals surface area contributed by atoms with Crippen LogP contribution in [0, 0.1) is 5.92 Å². The average molecular weight is 323 g/mol. The zero-order valence-electron chi connectivity index (χ0n) is 12.9. The van der Waals surface area contributed by atoms with E-state index in [0.29, 0.717) is 19.0 Å². The molecule has 22 heavy (non-hydrogen) atoms. The lowest BCUT2D eigenvalue weighted by atomic mass is 10.1. The van der Waals surface area contributed by atoms with Crippen molar-refractivity contribution < 1.29 is 9.90 Å². The Balaban J connectivity index is 1.48. The van der Waals surface area contributed by atoms with E-state index in [1.54, 1.807) is 0 Å². The van der Waals surface area contributed by atoms with Gasteiger partial charge >= 0.3 is 0 Å². The lowest BCUT2D eigenvalue weighted by Gasteiger charge is -2.14. The summed E-state index contributed by atoms with van der Waals surface area (Å²) < 4.78 is 0. The monoisotopic (exact) mass is 323 g/mol. The summed E-state index contributed by atoms with van der Waals surface area (Å²) in [6.45, 7) is 0.577. The Bertz CT molecular complexity index is 505. The van der Waals surface area contributed by atoms with Crippen LogP contribution in [-0.2, 0) is 11.2 Å². The van der Waals surface area contributed by atoms with E-state index in [-0.39, 0.29) is 17.7 Å². The fourth-order valence-electron chi connectivity index (χ4n) is 2.96. The highest BCUT2D eigenvalue weighted by Gasteiger charge is 2.29. The van der Waals surface area contributed by atoms with Gasteiger partial charge in [-0.25, -0.2) is 0 Å². The maximum atomic E-state index is 11.6. The maximum absolute atomic E-state index is 11.6. The molecule has 0 atom stereocenters. The second-order valence-electron chi connectivity index (χ2n) is 6.41. The lowest BCUT2D eigenvalue weighted by Crippen LogP contribution is -2.26. The van der Waals surface area contributed by atoms with Crippen molar-refractivity contribution in [2.24, 2.45) is 5.92 Å². The molecule has 6 heteroatoms. The Labute approximate surface area is 135 Å². The summed E-state index contributed by atoms with van der Waals surface area (Å²) in [4.78, 5) is 16.7. The van der Waals surface area contributed by atoms with E-state index in [1.807, 2.05) is 0 Å². The molecule has 5 nitrogen and oxygen atoms in total. The van der Waals surface area contributed by atoms with Crippen molar-refractivity contribution in [3.63, 3.8) is 0 Å². The standard InChI is InChI=1S/C16H25N3O2S/c20-14(11-7-8-11)17-10-9-13-15(21)19-16(22-13)18-12-5-3-1-2-4-6-12/h11-12,21H,1-10H2,(H,17,20)(H,18,19). The van der Waals surface area contributed by atoms with Gasteiger partial charge in [0, 0.05) is 24.9 Å². The molecule has 0 spiro atoms. The number of carbonyl (C=O) groups excluding carboxylic acids is 1. The highest BCUT2D eigenvalue weighted by Crippen LogP contribution is 2.31. The van der Waals surface area contributed by atoms with E-state index in [9.17, 15) is 9.90 Å². The molecule has 2 saturated carbocycles. The highest BCUT2D eigenvalue weighted by molar-refractivity contribution is 7.15. The van der Waals surface area contributed by atoms with Crippen molar-refractivity contribution in [2.75, 3.05) is 11.9 Å². The highest BCUT2D eigenvalue weighted by atomic mass is 32.1. The van der Waals surface area contributed by atoms with Crippen molar-refractivity contribution in [3.8, 4) is 5.88 Å². The summed E-state index contributed by atoms with van der Waals surface area (Å²) in [7, 11) is 0. The van der Waals surface area contributed by atoms with Crippen molar-refractivity contribution in [1.82, 2.24) is 10.3 Å². The van der Waals surface area contributed by atoms with Crippen LogP contribution in [0.2, 0.25) is 0 Å². The Morgan fingerprint density at radius 2 is 1.91 bits per heavy atom. The number of anilines is 1. The van der Waals surface area contributed by atoms with Gasteiger partial charge < -0.3 is 15.7 Å². The van der Waals surface area contributed by atoms with Gasteiger partial charge in [0.2, 0.25) is 11.8 Å². The van der Waals surface area contributed by atoms with Crippen LogP contribution < -0.4 is 10.6 Å². The summed E-state index contributed by atoms with van der Waals surface area (Å²) in [5.41, 5.74) is 0. The number of carbonyl (C=O) groups is 1. The van der Waals surface area contributed by atoms with Crippen LogP contribution in [0.3, 0.4) is 0 Å². The number of thiazole rings is 1. The predicted octanol–water partition coefficient (Wildman–Crippen LogP) is 3.05. The molecule has 0 bridgehead atoms. The Hall–Kier alpha value is -1.30. The molecule has 2 fully saturated rings. The van der Waals surface area contributed by atoms with Crippen LogP contribution in [0.25, 0.3) is 0 Å². The summed E-state index contributed by atoms with van der Waals surface area (Å²) in [5.74, 6) is 0.505. The zero-order valence-corrected chi connectivity index (χ0v) is 13.8. The summed E-state index contributed by atoms with van der Waals surface area (Å²) in [6.07, 6.45) is 10.3. The van der Waals surface area contributed by atoms with Crippen molar-refractivity contribution in [2.45, 2.75) is 63.8 Å². The van der Waals surface area contributed by atoms with Crippen LogP contribution >= 0.6 is 11.3 Å². The van der Waals surface area contributed by atoms with Crippen molar-refractivity contribution >= 4 is 22.4 Å². The van der Waals surface area contributed by atoms with Crippen LogP contribution in [0.4, 0.5) is 5.13 Å². The molecule has 0 radical (unpaired) electrons. The SMILES string of the molecule is O=C(NCCc1sc(NC2CCCCCC2)nc1O)C1CC1. The average Bonchev–Trinajstić information content (AvgIpc) is 3.30. The van der Waals surface area contributed by atoms with Gasteiger partial charge in [0.25, 0.3) is 0 Å². The van der Waals surface area contributed by atoms with E-state index in [2.05, 4.69) is 15.6 Å². The fraction of sp³-hybridized carbons (Fsp3) is 0.750. The molecule has 3 N–H and O–H groups in total. The van der Waals surface area contributed by atoms with Crippen LogP contribution in [-0.4, -0.2) is 28.6 Å². The first-order valence-electron chi connectivity index (χ1n) is 8.45. The van der Waals surface area contributed by atoms with E-state index >= 15 is 0 Å². The lowest BCUT2D eigenvalue weighted by molar-refractivity contribution is -0.122. The Kier molecular flexibility index (Phi) is 5.18. The first kappa shape index (κ1) is 15.6. The molecule has 0 aliphatic heterocycles. The van der Waals surface area contributed by atoms with Gasteiger partial charge in [0.05, 0.1) is 4.88 Å². The molecular weight excluding hydrogens is 298 g/mol. The summed E-state index contributed by atoms with van der Waals surface area (Å²) in [6, 6.07) is 0.482. The minimum Gasteiger partial charge on any atom is -0.492 e. The van der Waals surface area contributed by atoms with Gasteiger partial charge in [0.1, 0.15) is 0 Å². The van der Waals surface area contributed by atoms with Crippen LogP contribution in [0.15, 0.2) is 0 Å². The van der Waals surface area contributed by atoms with Gasteiger partial charge in [-0.15, -0.1) is 0 Å². The molecule has 3 rings (SSSR count). The zero-order chi connectivity index (χ0) is 15.4. The van der Waals surface area contributed by atoms with Gasteiger partial charge in [-0.3, -0.25) is 4.79 Å². The third-order valence-electron chi connectivity index (χ3n) is 4.46. The van der Waals surface area contributed by atoms with Crippen molar-refractivity contribution in [3.05, 3.63) is 4.88 Å². The quantitative estimate of drug-likeness (QED) is 0.703. The molecule has 2 aliphatic rings. The number of aromatic hydroxyl groups is 1. The molecule has 1 heterocycles. The molecule has 1 amide bonds. The normalized spacial score (nSPS) is 19.6. The van der Waals surface area contributed by atoms with Crippen molar-refractivity contribution in [1.29, 1.82) is 0 Å². The number of hydrogen-bond donors (Lipinski definition) is 3. The number of rotatable bonds is 6.